The zero-order valence-electron chi connectivity index (χ0n) is 13.1. The van der Waals surface area contributed by atoms with Crippen molar-refractivity contribution in [3.8, 4) is 5.75 Å². The zero-order valence-corrected chi connectivity index (χ0v) is 15.4. The summed E-state index contributed by atoms with van der Waals surface area (Å²) < 4.78 is 6.39. The van der Waals surface area contributed by atoms with Gasteiger partial charge in [0.2, 0.25) is 0 Å². The van der Waals surface area contributed by atoms with E-state index in [1.807, 2.05) is 12.1 Å². The molecule has 2 atom stereocenters. The molecule has 2 unspecified atom stereocenters. The van der Waals surface area contributed by atoms with E-state index in [0.29, 0.717) is 6.04 Å². The lowest BCUT2D eigenvalue weighted by molar-refractivity contribution is 0.288. The van der Waals surface area contributed by atoms with Crippen molar-refractivity contribution in [1.82, 2.24) is 0 Å². The van der Waals surface area contributed by atoms with Gasteiger partial charge in [-0.2, -0.15) is 0 Å². The Bertz CT molecular complexity index is 478. The molecule has 0 saturated heterocycles. The molecule has 118 valence electrons. The van der Waals surface area contributed by atoms with Crippen LogP contribution in [0.5, 0.6) is 5.75 Å². The number of anilines is 1. The van der Waals surface area contributed by atoms with Crippen LogP contribution in [0.1, 0.15) is 46.0 Å². The van der Waals surface area contributed by atoms with Gasteiger partial charge >= 0.3 is 0 Å². The van der Waals surface area contributed by atoms with E-state index in [-0.39, 0.29) is 0 Å². The van der Waals surface area contributed by atoms with E-state index in [1.54, 1.807) is 7.11 Å². The highest BCUT2D eigenvalue weighted by Gasteiger charge is 2.23. The third-order valence-corrected chi connectivity index (χ3v) is 4.97. The van der Waals surface area contributed by atoms with Gasteiger partial charge in [-0.3, -0.25) is 0 Å². The van der Waals surface area contributed by atoms with Crippen molar-refractivity contribution in [1.29, 1.82) is 0 Å². The first-order chi connectivity index (χ1) is 9.99. The normalized spacial score (nSPS) is 22.4. The van der Waals surface area contributed by atoms with E-state index in [2.05, 4.69) is 35.1 Å². The van der Waals surface area contributed by atoms with Crippen molar-refractivity contribution in [2.45, 2.75) is 52.0 Å². The Morgan fingerprint density at radius 1 is 1.38 bits per heavy atom. The molecule has 4 heteroatoms. The lowest BCUT2D eigenvalue weighted by Crippen LogP contribution is -2.28. The third kappa shape index (κ3) is 4.79. The number of hydrogen-bond acceptors (Lipinski definition) is 2. The minimum atomic E-state index is 0.516. The van der Waals surface area contributed by atoms with E-state index in [0.717, 1.165) is 32.8 Å². The SMILES string of the molecule is COc1c(Br)cc(Cl)cc1NC1CCCC(CC(C)C)C1. The van der Waals surface area contributed by atoms with E-state index in [9.17, 15) is 0 Å². The lowest BCUT2D eigenvalue weighted by Gasteiger charge is -2.32. The Balaban J connectivity index is 2.07. The molecule has 0 aromatic heterocycles. The van der Waals surface area contributed by atoms with Crippen LogP contribution in [0.15, 0.2) is 16.6 Å². The number of hydrogen-bond donors (Lipinski definition) is 1. The molecule has 1 aromatic rings. The molecule has 1 saturated carbocycles. The fourth-order valence-corrected chi connectivity index (χ4v) is 4.37. The van der Waals surface area contributed by atoms with Gasteiger partial charge in [0.25, 0.3) is 0 Å². The summed E-state index contributed by atoms with van der Waals surface area (Å²) in [5.41, 5.74) is 0.993. The predicted octanol–water partition coefficient (Wildman–Crippen LogP) is 6.13. The van der Waals surface area contributed by atoms with Gasteiger partial charge in [0.1, 0.15) is 0 Å². The average molecular weight is 375 g/mol. The molecular formula is C17H25BrClNO. The number of nitrogens with one attached hydrogen (secondary N) is 1. The topological polar surface area (TPSA) is 21.3 Å². The second kappa shape index (κ2) is 7.73. The van der Waals surface area contributed by atoms with Crippen LogP contribution >= 0.6 is 27.5 Å². The maximum atomic E-state index is 6.17. The summed E-state index contributed by atoms with van der Waals surface area (Å²) in [5, 5.41) is 4.37. The monoisotopic (exact) mass is 373 g/mol. The number of rotatable bonds is 5. The molecule has 1 fully saturated rings. The van der Waals surface area contributed by atoms with E-state index < -0.39 is 0 Å². The molecular weight excluding hydrogens is 350 g/mol. The van der Waals surface area contributed by atoms with E-state index in [1.165, 1.54) is 32.1 Å². The molecule has 0 amide bonds. The average Bonchev–Trinajstić information content (AvgIpc) is 2.37. The Hall–Kier alpha value is -0.410. The number of ether oxygens (including phenoxy) is 1. The van der Waals surface area contributed by atoms with Crippen LogP contribution in [0.2, 0.25) is 5.02 Å². The van der Waals surface area contributed by atoms with Crippen LogP contribution in [0.4, 0.5) is 5.69 Å². The summed E-state index contributed by atoms with van der Waals surface area (Å²) in [6.07, 6.45) is 6.47. The summed E-state index contributed by atoms with van der Waals surface area (Å²) in [5.74, 6) is 2.46. The Labute approximate surface area is 141 Å². The lowest BCUT2D eigenvalue weighted by atomic mass is 9.81. The van der Waals surface area contributed by atoms with Gasteiger partial charge < -0.3 is 10.1 Å². The fraction of sp³-hybridized carbons (Fsp3) is 0.647. The first-order valence-corrected chi connectivity index (χ1v) is 8.96. The molecule has 1 N–H and O–H groups in total. The minimum absolute atomic E-state index is 0.516. The van der Waals surface area contributed by atoms with E-state index >= 15 is 0 Å². The number of methoxy groups -OCH3 is 1. The van der Waals surface area contributed by atoms with Gasteiger partial charge in [0.05, 0.1) is 17.3 Å². The molecule has 0 aliphatic heterocycles. The summed E-state index contributed by atoms with van der Waals surface area (Å²) in [6, 6.07) is 4.34. The van der Waals surface area contributed by atoms with Crippen LogP contribution < -0.4 is 10.1 Å². The van der Waals surface area contributed by atoms with Crippen molar-refractivity contribution >= 4 is 33.2 Å². The predicted molar refractivity (Wildman–Crippen MR) is 94.5 cm³/mol. The van der Waals surface area contributed by atoms with Crippen molar-refractivity contribution in [3.63, 3.8) is 0 Å². The van der Waals surface area contributed by atoms with Gasteiger partial charge in [-0.15, -0.1) is 0 Å². The van der Waals surface area contributed by atoms with E-state index in [4.69, 9.17) is 16.3 Å². The summed E-state index contributed by atoms with van der Waals surface area (Å²) in [6.45, 7) is 4.63. The quantitative estimate of drug-likeness (QED) is 0.669. The summed E-state index contributed by atoms with van der Waals surface area (Å²) in [4.78, 5) is 0. The smallest absolute Gasteiger partial charge is 0.156 e. The Kier molecular flexibility index (Phi) is 6.24. The largest absolute Gasteiger partial charge is 0.493 e. The van der Waals surface area contributed by atoms with Crippen LogP contribution in [-0.2, 0) is 0 Å². The summed E-state index contributed by atoms with van der Waals surface area (Å²) >= 11 is 9.69. The molecule has 2 nitrogen and oxygen atoms in total. The van der Waals surface area contributed by atoms with Crippen molar-refractivity contribution in [3.05, 3.63) is 21.6 Å². The van der Waals surface area contributed by atoms with Crippen molar-refractivity contribution in [2.75, 3.05) is 12.4 Å². The minimum Gasteiger partial charge on any atom is -0.493 e. The van der Waals surface area contributed by atoms with Crippen LogP contribution in [0.25, 0.3) is 0 Å². The van der Waals surface area contributed by atoms with Crippen molar-refractivity contribution in [2.24, 2.45) is 11.8 Å². The van der Waals surface area contributed by atoms with Crippen molar-refractivity contribution < 1.29 is 4.74 Å². The highest BCUT2D eigenvalue weighted by atomic mass is 79.9. The maximum Gasteiger partial charge on any atom is 0.156 e. The maximum absolute atomic E-state index is 6.17. The number of halogens is 2. The molecule has 1 aliphatic carbocycles. The summed E-state index contributed by atoms with van der Waals surface area (Å²) in [7, 11) is 1.70. The second-order valence-corrected chi connectivity index (χ2v) is 7.76. The first-order valence-electron chi connectivity index (χ1n) is 7.79. The first kappa shape index (κ1) is 17.0. The molecule has 1 aliphatic rings. The highest BCUT2D eigenvalue weighted by molar-refractivity contribution is 9.10. The molecule has 0 radical (unpaired) electrons. The van der Waals surface area contributed by atoms with Gasteiger partial charge in [-0.05, 0) is 59.2 Å². The third-order valence-electron chi connectivity index (χ3n) is 4.16. The second-order valence-electron chi connectivity index (χ2n) is 6.47. The molecule has 0 bridgehead atoms. The van der Waals surface area contributed by atoms with Gasteiger partial charge in [-0.1, -0.05) is 38.3 Å². The van der Waals surface area contributed by atoms with Gasteiger partial charge in [0, 0.05) is 11.1 Å². The van der Waals surface area contributed by atoms with Gasteiger partial charge in [0.15, 0.2) is 5.75 Å². The molecule has 0 heterocycles. The van der Waals surface area contributed by atoms with Gasteiger partial charge in [-0.25, -0.2) is 0 Å². The molecule has 1 aromatic carbocycles. The molecule has 21 heavy (non-hydrogen) atoms. The number of benzene rings is 1. The van der Waals surface area contributed by atoms with Crippen LogP contribution in [-0.4, -0.2) is 13.2 Å². The molecule has 0 spiro atoms. The fourth-order valence-electron chi connectivity index (χ4n) is 3.40. The standard InChI is InChI=1S/C17H25BrClNO/c1-11(2)7-12-5-4-6-14(8-12)20-16-10-13(19)9-15(18)17(16)21-3/h9-12,14,20H,4-8H2,1-3H3. The van der Waals surface area contributed by atoms with Crippen LogP contribution in [0.3, 0.4) is 0 Å². The van der Waals surface area contributed by atoms with Crippen LogP contribution in [0, 0.1) is 11.8 Å². The zero-order chi connectivity index (χ0) is 15.4. The Morgan fingerprint density at radius 2 is 2.14 bits per heavy atom. The molecule has 2 rings (SSSR count). The Morgan fingerprint density at radius 3 is 2.81 bits per heavy atom. The highest BCUT2D eigenvalue weighted by Crippen LogP contribution is 2.38.